The second-order valence-electron chi connectivity index (χ2n) is 8.70. The fraction of sp³-hybridized carbons (Fsp3) is 0.545. The summed E-state index contributed by atoms with van der Waals surface area (Å²) in [6, 6.07) is 7.88. The Labute approximate surface area is 178 Å². The molecule has 0 radical (unpaired) electrons. The monoisotopic (exact) mass is 415 g/mol. The van der Waals surface area contributed by atoms with Gasteiger partial charge in [-0.3, -0.25) is 9.59 Å². The van der Waals surface area contributed by atoms with Crippen LogP contribution in [0.5, 0.6) is 0 Å². The summed E-state index contributed by atoms with van der Waals surface area (Å²) in [4.78, 5) is 24.8. The number of carbonyl (C=O) groups excluding carboxylic acids is 2. The van der Waals surface area contributed by atoms with Gasteiger partial charge in [0.2, 0.25) is 5.91 Å². The minimum absolute atomic E-state index is 0.121. The highest BCUT2D eigenvalue weighted by Gasteiger charge is 2.26. The lowest BCUT2D eigenvalue weighted by molar-refractivity contribution is -0.130. The summed E-state index contributed by atoms with van der Waals surface area (Å²) < 4.78 is 1.62. The van der Waals surface area contributed by atoms with Gasteiger partial charge in [-0.2, -0.15) is 0 Å². The van der Waals surface area contributed by atoms with E-state index in [4.69, 9.17) is 0 Å². The van der Waals surface area contributed by atoms with Crippen LogP contribution in [0.25, 0.3) is 0 Å². The average Bonchev–Trinajstić information content (AvgIpc) is 3.17. The first-order valence-electron chi connectivity index (χ1n) is 10.3. The van der Waals surface area contributed by atoms with Gasteiger partial charge in [0, 0.05) is 24.0 Å². The minimum atomic E-state index is -1.14. The first kappa shape index (κ1) is 23.5. The lowest BCUT2D eigenvalue weighted by Crippen LogP contribution is -2.47. The summed E-state index contributed by atoms with van der Waals surface area (Å²) in [5.41, 5.74) is 1.72. The number of aromatic nitrogens is 3. The Morgan fingerprint density at radius 3 is 2.37 bits per heavy atom. The molecule has 0 saturated heterocycles. The summed E-state index contributed by atoms with van der Waals surface area (Å²) in [5, 5.41) is 23.9. The highest BCUT2D eigenvalue weighted by molar-refractivity contribution is 5.92. The van der Waals surface area contributed by atoms with E-state index in [9.17, 15) is 14.7 Å². The van der Waals surface area contributed by atoms with Gasteiger partial charge in [-0.15, -0.1) is 5.10 Å². The standard InChI is InChI=1S/C22H33N5O3/c1-14(2)27-13-18(25-26-27)20(29)24-22(5,6)11-12-23-21(30)19(28)16(4)17-9-7-15(3)8-10-17/h7-10,13-14,16,19,28H,11-12H2,1-6H3,(H,23,30)(H,24,29). The fourth-order valence-corrected chi connectivity index (χ4v) is 2.95. The SMILES string of the molecule is Cc1ccc(C(C)C(O)C(=O)NCCC(C)(C)NC(=O)c2cn(C(C)C)nn2)cc1. The molecule has 2 amide bonds. The van der Waals surface area contributed by atoms with E-state index in [-0.39, 0.29) is 23.6 Å². The lowest BCUT2D eigenvalue weighted by atomic mass is 9.94. The second-order valence-corrected chi connectivity index (χ2v) is 8.70. The predicted molar refractivity (Wildman–Crippen MR) is 115 cm³/mol. The number of benzene rings is 1. The van der Waals surface area contributed by atoms with Crippen molar-refractivity contribution in [2.75, 3.05) is 6.54 Å². The topological polar surface area (TPSA) is 109 Å². The van der Waals surface area contributed by atoms with Crippen LogP contribution < -0.4 is 10.6 Å². The number of carbonyl (C=O) groups is 2. The molecule has 0 bridgehead atoms. The van der Waals surface area contributed by atoms with Crippen LogP contribution in [0.15, 0.2) is 30.5 Å². The molecule has 0 aliphatic heterocycles. The largest absolute Gasteiger partial charge is 0.383 e. The highest BCUT2D eigenvalue weighted by atomic mass is 16.3. The number of amides is 2. The Kier molecular flexibility index (Phi) is 7.72. The van der Waals surface area contributed by atoms with Gasteiger partial charge in [0.1, 0.15) is 6.10 Å². The van der Waals surface area contributed by atoms with Gasteiger partial charge in [-0.25, -0.2) is 4.68 Å². The van der Waals surface area contributed by atoms with Gasteiger partial charge in [0.05, 0.1) is 6.20 Å². The zero-order valence-electron chi connectivity index (χ0n) is 18.6. The summed E-state index contributed by atoms with van der Waals surface area (Å²) in [6.07, 6.45) is 0.964. The van der Waals surface area contributed by atoms with Crippen molar-refractivity contribution in [3.05, 3.63) is 47.3 Å². The van der Waals surface area contributed by atoms with E-state index >= 15 is 0 Å². The average molecular weight is 416 g/mol. The van der Waals surface area contributed by atoms with Gasteiger partial charge < -0.3 is 15.7 Å². The van der Waals surface area contributed by atoms with Crippen molar-refractivity contribution in [1.29, 1.82) is 0 Å². The van der Waals surface area contributed by atoms with E-state index in [2.05, 4.69) is 20.9 Å². The Balaban J connectivity index is 1.83. The molecule has 2 rings (SSSR count). The molecule has 2 atom stereocenters. The second kappa shape index (κ2) is 9.84. The van der Waals surface area contributed by atoms with Crippen LogP contribution in [0.2, 0.25) is 0 Å². The van der Waals surface area contributed by atoms with E-state index in [1.165, 1.54) is 0 Å². The maximum absolute atomic E-state index is 12.4. The quantitative estimate of drug-likeness (QED) is 0.582. The molecule has 164 valence electrons. The summed E-state index contributed by atoms with van der Waals surface area (Å²) in [5.74, 6) is -1.06. The zero-order valence-corrected chi connectivity index (χ0v) is 18.6. The molecule has 0 aliphatic carbocycles. The van der Waals surface area contributed by atoms with Crippen LogP contribution in [0.4, 0.5) is 0 Å². The van der Waals surface area contributed by atoms with E-state index in [1.807, 2.05) is 65.8 Å². The molecule has 2 aromatic rings. The minimum Gasteiger partial charge on any atom is -0.383 e. The third-order valence-corrected chi connectivity index (χ3v) is 5.12. The molecule has 1 aromatic heterocycles. The van der Waals surface area contributed by atoms with Crippen molar-refractivity contribution in [3.8, 4) is 0 Å². The molecule has 8 nitrogen and oxygen atoms in total. The van der Waals surface area contributed by atoms with Crippen molar-refractivity contribution < 1.29 is 14.7 Å². The number of aryl methyl sites for hydroxylation is 1. The van der Waals surface area contributed by atoms with Crippen LogP contribution in [0.3, 0.4) is 0 Å². The molecule has 1 aromatic carbocycles. The summed E-state index contributed by atoms with van der Waals surface area (Å²) >= 11 is 0. The summed E-state index contributed by atoms with van der Waals surface area (Å²) in [6.45, 7) is 11.8. The van der Waals surface area contributed by atoms with Crippen LogP contribution in [-0.2, 0) is 4.79 Å². The van der Waals surface area contributed by atoms with Crippen LogP contribution in [0.1, 0.15) is 74.6 Å². The van der Waals surface area contributed by atoms with Crippen LogP contribution >= 0.6 is 0 Å². The van der Waals surface area contributed by atoms with Gasteiger partial charge >= 0.3 is 0 Å². The smallest absolute Gasteiger partial charge is 0.273 e. The summed E-state index contributed by atoms with van der Waals surface area (Å²) in [7, 11) is 0. The van der Waals surface area contributed by atoms with Crippen LogP contribution in [-0.4, -0.2) is 50.1 Å². The third-order valence-electron chi connectivity index (χ3n) is 5.12. The molecule has 2 unspecified atom stereocenters. The Hall–Kier alpha value is -2.74. The van der Waals surface area contributed by atoms with Crippen molar-refractivity contribution >= 4 is 11.8 Å². The Morgan fingerprint density at radius 2 is 1.80 bits per heavy atom. The van der Waals surface area contributed by atoms with Gasteiger partial charge in [-0.1, -0.05) is 42.0 Å². The number of hydrogen-bond donors (Lipinski definition) is 3. The Bertz CT molecular complexity index is 858. The third kappa shape index (κ3) is 6.38. The number of hydrogen-bond acceptors (Lipinski definition) is 5. The molecule has 1 heterocycles. The molecular weight excluding hydrogens is 382 g/mol. The van der Waals surface area contributed by atoms with Gasteiger partial charge in [0.25, 0.3) is 5.91 Å². The maximum atomic E-state index is 12.4. The number of rotatable bonds is 9. The predicted octanol–water partition coefficient (Wildman–Crippen LogP) is 2.35. The maximum Gasteiger partial charge on any atom is 0.273 e. The molecule has 30 heavy (non-hydrogen) atoms. The zero-order chi connectivity index (χ0) is 22.5. The number of aliphatic hydroxyl groups excluding tert-OH is 1. The molecule has 0 aliphatic rings. The molecule has 3 N–H and O–H groups in total. The normalized spacial score (nSPS) is 13.7. The molecule has 0 fully saturated rings. The van der Waals surface area contributed by atoms with Crippen molar-refractivity contribution in [2.45, 2.75) is 71.6 Å². The van der Waals surface area contributed by atoms with Gasteiger partial charge in [-0.05, 0) is 46.6 Å². The van der Waals surface area contributed by atoms with Crippen molar-refractivity contribution in [3.63, 3.8) is 0 Å². The molecule has 0 spiro atoms. The first-order chi connectivity index (χ1) is 14.0. The highest BCUT2D eigenvalue weighted by Crippen LogP contribution is 2.20. The molecule has 8 heteroatoms. The lowest BCUT2D eigenvalue weighted by Gasteiger charge is -2.26. The number of aliphatic hydroxyl groups is 1. The van der Waals surface area contributed by atoms with E-state index < -0.39 is 17.6 Å². The van der Waals surface area contributed by atoms with E-state index in [0.29, 0.717) is 13.0 Å². The van der Waals surface area contributed by atoms with Crippen molar-refractivity contribution in [1.82, 2.24) is 25.6 Å². The fourth-order valence-electron chi connectivity index (χ4n) is 2.95. The van der Waals surface area contributed by atoms with E-state index in [0.717, 1.165) is 11.1 Å². The van der Waals surface area contributed by atoms with Gasteiger partial charge in [0.15, 0.2) is 5.69 Å². The van der Waals surface area contributed by atoms with Crippen molar-refractivity contribution in [2.24, 2.45) is 0 Å². The Morgan fingerprint density at radius 1 is 1.17 bits per heavy atom. The first-order valence-corrected chi connectivity index (χ1v) is 10.3. The number of nitrogens with zero attached hydrogens (tertiary/aromatic N) is 3. The van der Waals surface area contributed by atoms with E-state index in [1.54, 1.807) is 10.9 Å². The number of nitrogens with one attached hydrogen (secondary N) is 2. The molecular formula is C22H33N5O3. The molecule has 0 saturated carbocycles. The van der Waals surface area contributed by atoms with Crippen LogP contribution in [0, 0.1) is 6.92 Å².